The Kier molecular flexibility index (Phi) is 6.09. The molecule has 2 fully saturated rings. The molecule has 2 heterocycles. The summed E-state index contributed by atoms with van der Waals surface area (Å²) in [6.07, 6.45) is 1.57. The SMILES string of the molecule is COc1ccc2[nH]c(C3CC4CC3N(OCc3ccccc3)C(=O)N4OCc3ccccc3)cc2c1. The number of aromatic nitrogens is 1. The number of aromatic amines is 1. The third-order valence-electron chi connectivity index (χ3n) is 7.19. The summed E-state index contributed by atoms with van der Waals surface area (Å²) < 4.78 is 5.40. The number of nitrogens with zero attached hydrogens (tertiary/aromatic N) is 2. The molecule has 6 rings (SSSR count). The minimum absolute atomic E-state index is 0.0197. The van der Waals surface area contributed by atoms with E-state index in [2.05, 4.69) is 11.1 Å². The molecule has 3 atom stereocenters. The molecular weight excluding hydrogens is 454 g/mol. The van der Waals surface area contributed by atoms with Crippen LogP contribution < -0.4 is 4.74 Å². The van der Waals surface area contributed by atoms with Crippen molar-refractivity contribution in [2.45, 2.75) is 44.1 Å². The number of hydrogen-bond donors (Lipinski definition) is 1. The van der Waals surface area contributed by atoms with Gasteiger partial charge in [0.05, 0.1) is 19.2 Å². The van der Waals surface area contributed by atoms with Gasteiger partial charge >= 0.3 is 6.03 Å². The summed E-state index contributed by atoms with van der Waals surface area (Å²) in [4.78, 5) is 29.5. The molecule has 0 spiro atoms. The fourth-order valence-electron chi connectivity index (χ4n) is 5.38. The van der Waals surface area contributed by atoms with Gasteiger partial charge in [0.25, 0.3) is 0 Å². The van der Waals surface area contributed by atoms with Gasteiger partial charge in [0.15, 0.2) is 0 Å². The Morgan fingerprint density at radius 3 is 2.17 bits per heavy atom. The van der Waals surface area contributed by atoms with Gasteiger partial charge in [-0.1, -0.05) is 60.7 Å². The Bertz CT molecular complexity index is 1340. The molecule has 1 aliphatic carbocycles. The van der Waals surface area contributed by atoms with E-state index in [0.29, 0.717) is 13.2 Å². The number of hydrogen-bond acceptors (Lipinski definition) is 4. The first kappa shape index (κ1) is 22.6. The Morgan fingerprint density at radius 1 is 0.833 bits per heavy atom. The molecule has 7 heteroatoms. The minimum Gasteiger partial charge on any atom is -0.497 e. The molecule has 3 aromatic carbocycles. The van der Waals surface area contributed by atoms with E-state index >= 15 is 0 Å². The van der Waals surface area contributed by atoms with Crippen molar-refractivity contribution in [3.63, 3.8) is 0 Å². The van der Waals surface area contributed by atoms with E-state index in [1.54, 1.807) is 7.11 Å². The molecule has 1 saturated heterocycles. The number of hydroxylamine groups is 4. The first-order valence-electron chi connectivity index (χ1n) is 12.3. The van der Waals surface area contributed by atoms with Gasteiger partial charge in [-0.05, 0) is 48.2 Å². The summed E-state index contributed by atoms with van der Waals surface area (Å²) in [7, 11) is 1.67. The second kappa shape index (κ2) is 9.68. The van der Waals surface area contributed by atoms with Crippen molar-refractivity contribution in [1.82, 2.24) is 15.1 Å². The maximum atomic E-state index is 13.6. The number of methoxy groups -OCH3 is 1. The maximum absolute atomic E-state index is 13.6. The predicted octanol–water partition coefficient (Wildman–Crippen LogP) is 5.79. The minimum atomic E-state index is -0.247. The van der Waals surface area contributed by atoms with Gasteiger partial charge in [-0.2, -0.15) is 10.1 Å². The molecule has 2 bridgehead atoms. The van der Waals surface area contributed by atoms with E-state index in [4.69, 9.17) is 14.4 Å². The fraction of sp³-hybridized carbons (Fsp3) is 0.276. The zero-order chi connectivity index (χ0) is 24.5. The third-order valence-corrected chi connectivity index (χ3v) is 7.19. The number of benzene rings is 3. The largest absolute Gasteiger partial charge is 0.497 e. The highest BCUT2D eigenvalue weighted by Crippen LogP contribution is 2.45. The lowest BCUT2D eigenvalue weighted by Crippen LogP contribution is -2.54. The average molecular weight is 484 g/mol. The molecule has 184 valence electrons. The van der Waals surface area contributed by atoms with Gasteiger partial charge < -0.3 is 9.72 Å². The first-order chi connectivity index (χ1) is 17.7. The van der Waals surface area contributed by atoms with Gasteiger partial charge in [-0.25, -0.2) is 4.79 Å². The lowest BCUT2D eigenvalue weighted by molar-refractivity contribution is -0.230. The van der Waals surface area contributed by atoms with Crippen LogP contribution in [-0.2, 0) is 22.9 Å². The Morgan fingerprint density at radius 2 is 1.50 bits per heavy atom. The number of amides is 2. The van der Waals surface area contributed by atoms with Gasteiger partial charge in [0.1, 0.15) is 19.0 Å². The number of H-pyrrole nitrogens is 1. The number of nitrogens with one attached hydrogen (secondary N) is 1. The molecule has 36 heavy (non-hydrogen) atoms. The Hall–Kier alpha value is -3.81. The number of rotatable bonds is 8. The summed E-state index contributed by atoms with van der Waals surface area (Å²) in [6, 6.07) is 27.6. The van der Waals surface area contributed by atoms with Crippen molar-refractivity contribution in [2.75, 3.05) is 7.11 Å². The van der Waals surface area contributed by atoms with Crippen molar-refractivity contribution >= 4 is 16.9 Å². The summed E-state index contributed by atoms with van der Waals surface area (Å²) in [6.45, 7) is 0.647. The zero-order valence-corrected chi connectivity index (χ0v) is 20.2. The number of fused-ring (bicyclic) bond motifs is 3. The summed E-state index contributed by atoms with van der Waals surface area (Å²) in [5.74, 6) is 0.917. The number of carbonyl (C=O) groups excluding carboxylic acids is 1. The van der Waals surface area contributed by atoms with E-state index in [1.807, 2.05) is 78.9 Å². The van der Waals surface area contributed by atoms with E-state index in [1.165, 1.54) is 10.1 Å². The topological polar surface area (TPSA) is 67.0 Å². The standard InChI is InChI=1S/C29H29N3O4/c1-34-24-12-13-26-22(14-24)15-27(30-26)25-16-23-17-28(25)32(36-19-21-10-6-3-7-11-21)29(33)31(23)35-18-20-8-4-2-5-9-20/h2-15,23,25,28,30H,16-19H2,1H3. The van der Waals surface area contributed by atoms with Crippen LogP contribution >= 0.6 is 0 Å². The van der Waals surface area contributed by atoms with Gasteiger partial charge in [-0.3, -0.25) is 9.68 Å². The van der Waals surface area contributed by atoms with Crippen molar-refractivity contribution in [1.29, 1.82) is 0 Å². The van der Waals surface area contributed by atoms with Crippen LogP contribution in [0.2, 0.25) is 0 Å². The molecule has 1 saturated carbocycles. The lowest BCUT2D eigenvalue weighted by Gasteiger charge is -2.39. The van der Waals surface area contributed by atoms with E-state index < -0.39 is 0 Å². The Labute approximate surface area is 210 Å². The molecule has 3 unspecified atom stereocenters. The van der Waals surface area contributed by atoms with Crippen LogP contribution in [0, 0.1) is 0 Å². The van der Waals surface area contributed by atoms with E-state index in [0.717, 1.165) is 46.3 Å². The van der Waals surface area contributed by atoms with Crippen molar-refractivity contribution in [3.8, 4) is 5.75 Å². The van der Waals surface area contributed by atoms with Crippen LogP contribution in [0.15, 0.2) is 84.9 Å². The molecule has 4 aromatic rings. The van der Waals surface area contributed by atoms with Crippen LogP contribution in [0.1, 0.15) is 35.6 Å². The Balaban J connectivity index is 1.28. The molecule has 7 nitrogen and oxygen atoms in total. The molecule has 1 N–H and O–H groups in total. The van der Waals surface area contributed by atoms with Gasteiger partial charge in [-0.15, -0.1) is 0 Å². The van der Waals surface area contributed by atoms with Crippen molar-refractivity contribution in [2.24, 2.45) is 0 Å². The molecule has 0 radical (unpaired) electrons. The third kappa shape index (κ3) is 4.32. The van der Waals surface area contributed by atoms with Crippen molar-refractivity contribution < 1.29 is 19.2 Å². The van der Waals surface area contributed by atoms with E-state index in [-0.39, 0.29) is 24.0 Å². The van der Waals surface area contributed by atoms with Crippen LogP contribution in [0.4, 0.5) is 4.79 Å². The van der Waals surface area contributed by atoms with Crippen LogP contribution in [0.25, 0.3) is 10.9 Å². The molecule has 1 aliphatic heterocycles. The average Bonchev–Trinajstić information content (AvgIpc) is 3.52. The normalized spacial score (nSPS) is 21.4. The number of ether oxygens (including phenoxy) is 1. The quantitative estimate of drug-likeness (QED) is 0.344. The first-order valence-corrected chi connectivity index (χ1v) is 12.3. The van der Waals surface area contributed by atoms with E-state index in [9.17, 15) is 4.79 Å². The summed E-state index contributed by atoms with van der Waals surface area (Å²) in [5.41, 5.74) is 4.17. The molecular formula is C29H29N3O4. The van der Waals surface area contributed by atoms with Gasteiger partial charge in [0.2, 0.25) is 0 Å². The highest BCUT2D eigenvalue weighted by Gasteiger charge is 2.52. The summed E-state index contributed by atoms with van der Waals surface area (Å²) >= 11 is 0. The highest BCUT2D eigenvalue weighted by atomic mass is 16.7. The number of urea groups is 1. The smallest absolute Gasteiger partial charge is 0.368 e. The fourth-order valence-corrected chi connectivity index (χ4v) is 5.38. The monoisotopic (exact) mass is 483 g/mol. The lowest BCUT2D eigenvalue weighted by atomic mass is 9.99. The highest BCUT2D eigenvalue weighted by molar-refractivity contribution is 5.82. The molecule has 1 aromatic heterocycles. The number of carbonyl (C=O) groups is 1. The predicted molar refractivity (Wildman–Crippen MR) is 136 cm³/mol. The van der Waals surface area contributed by atoms with Crippen LogP contribution in [-0.4, -0.2) is 40.3 Å². The maximum Gasteiger partial charge on any atom is 0.368 e. The van der Waals surface area contributed by atoms with Crippen LogP contribution in [0.3, 0.4) is 0 Å². The summed E-state index contributed by atoms with van der Waals surface area (Å²) in [5, 5.41) is 4.16. The van der Waals surface area contributed by atoms with Crippen molar-refractivity contribution in [3.05, 3.63) is 102 Å². The second-order valence-corrected chi connectivity index (χ2v) is 9.43. The second-order valence-electron chi connectivity index (χ2n) is 9.43. The zero-order valence-electron chi connectivity index (χ0n) is 20.2. The molecule has 2 amide bonds. The molecule has 2 aliphatic rings. The van der Waals surface area contributed by atoms with Crippen LogP contribution in [0.5, 0.6) is 5.75 Å². The van der Waals surface area contributed by atoms with Gasteiger partial charge in [0, 0.05) is 22.5 Å².